The Balaban J connectivity index is 2.30. The molecular weight excluding hydrogens is 294 g/mol. The van der Waals surface area contributed by atoms with E-state index in [4.69, 9.17) is 10.5 Å². The summed E-state index contributed by atoms with van der Waals surface area (Å²) in [6, 6.07) is 7.64. The van der Waals surface area contributed by atoms with Gasteiger partial charge in [0.15, 0.2) is 0 Å². The highest BCUT2D eigenvalue weighted by atomic mass is 79.9. The molecule has 94 valence electrons. The third kappa shape index (κ3) is 2.92. The Morgan fingerprint density at radius 3 is 2.72 bits per heavy atom. The lowest BCUT2D eigenvalue weighted by atomic mass is 10.2. The summed E-state index contributed by atoms with van der Waals surface area (Å²) in [7, 11) is 1.64. The molecule has 2 rings (SSSR count). The normalized spacial score (nSPS) is 10.2. The van der Waals surface area contributed by atoms with E-state index in [9.17, 15) is 0 Å². The number of hydrogen-bond donors (Lipinski definition) is 2. The fraction of sp³-hybridized carbons (Fsp3) is 0.154. The smallest absolute Gasteiger partial charge is 0.133 e. The Labute approximate surface area is 114 Å². The van der Waals surface area contributed by atoms with Gasteiger partial charge < -0.3 is 15.8 Å². The molecule has 4 nitrogen and oxygen atoms in total. The van der Waals surface area contributed by atoms with Gasteiger partial charge in [0, 0.05) is 16.2 Å². The van der Waals surface area contributed by atoms with Crippen LogP contribution < -0.4 is 15.8 Å². The predicted molar refractivity (Wildman–Crippen MR) is 77.4 cm³/mol. The van der Waals surface area contributed by atoms with Gasteiger partial charge in [-0.15, -0.1) is 0 Å². The minimum atomic E-state index is 0.657. The molecule has 0 aliphatic rings. The van der Waals surface area contributed by atoms with Gasteiger partial charge in [0.1, 0.15) is 11.6 Å². The summed E-state index contributed by atoms with van der Waals surface area (Å²) in [6.45, 7) is 1.96. The zero-order valence-corrected chi connectivity index (χ0v) is 11.8. The Morgan fingerprint density at radius 2 is 2.06 bits per heavy atom. The molecule has 0 aliphatic carbocycles. The molecule has 0 amide bonds. The second-order valence-electron chi connectivity index (χ2n) is 3.94. The van der Waals surface area contributed by atoms with Crippen molar-refractivity contribution in [2.24, 2.45) is 0 Å². The van der Waals surface area contributed by atoms with Crippen LogP contribution in [0.25, 0.3) is 0 Å². The first kappa shape index (κ1) is 12.7. The van der Waals surface area contributed by atoms with Crippen molar-refractivity contribution in [3.8, 4) is 5.75 Å². The predicted octanol–water partition coefficient (Wildman–Crippen LogP) is 3.49. The van der Waals surface area contributed by atoms with Gasteiger partial charge >= 0.3 is 0 Å². The molecule has 1 heterocycles. The monoisotopic (exact) mass is 307 g/mol. The summed E-state index contributed by atoms with van der Waals surface area (Å²) < 4.78 is 6.15. The van der Waals surface area contributed by atoms with E-state index in [1.807, 2.05) is 31.2 Å². The van der Waals surface area contributed by atoms with Crippen molar-refractivity contribution in [2.45, 2.75) is 6.92 Å². The second kappa shape index (κ2) is 5.27. The number of rotatable bonds is 3. The van der Waals surface area contributed by atoms with E-state index in [1.165, 1.54) is 0 Å². The van der Waals surface area contributed by atoms with Crippen LogP contribution in [0.1, 0.15) is 5.56 Å². The first-order valence-electron chi connectivity index (χ1n) is 5.42. The first-order chi connectivity index (χ1) is 8.58. The van der Waals surface area contributed by atoms with Gasteiger partial charge in [0.25, 0.3) is 0 Å². The third-order valence-electron chi connectivity index (χ3n) is 2.47. The summed E-state index contributed by atoms with van der Waals surface area (Å²) in [5.41, 5.74) is 8.23. The summed E-state index contributed by atoms with van der Waals surface area (Å²) in [5.74, 6) is 1.56. The summed E-state index contributed by atoms with van der Waals surface area (Å²) >= 11 is 3.44. The number of benzene rings is 1. The molecular formula is C13H14BrN3O. The molecule has 3 N–H and O–H groups in total. The lowest BCUT2D eigenvalue weighted by Crippen LogP contribution is -1.98. The van der Waals surface area contributed by atoms with E-state index in [-0.39, 0.29) is 0 Å². The highest BCUT2D eigenvalue weighted by molar-refractivity contribution is 9.10. The third-order valence-corrected chi connectivity index (χ3v) is 2.93. The van der Waals surface area contributed by atoms with Crippen LogP contribution in [0.4, 0.5) is 17.2 Å². The van der Waals surface area contributed by atoms with Crippen LogP contribution in [-0.4, -0.2) is 12.1 Å². The Morgan fingerprint density at radius 1 is 1.28 bits per heavy atom. The highest BCUT2D eigenvalue weighted by Crippen LogP contribution is 2.27. The van der Waals surface area contributed by atoms with Crippen molar-refractivity contribution < 1.29 is 4.74 Å². The molecule has 0 bridgehead atoms. The Hall–Kier alpha value is -1.75. The molecule has 0 unspecified atom stereocenters. The number of aromatic nitrogens is 1. The van der Waals surface area contributed by atoms with Gasteiger partial charge in [-0.05, 0) is 30.7 Å². The van der Waals surface area contributed by atoms with Crippen LogP contribution >= 0.6 is 15.9 Å². The van der Waals surface area contributed by atoms with Crippen LogP contribution in [0, 0.1) is 6.92 Å². The number of pyridine rings is 1. The number of nitrogen functional groups attached to an aromatic ring is 1. The maximum atomic E-state index is 5.67. The fourth-order valence-corrected chi connectivity index (χ4v) is 2.09. The number of halogens is 1. The number of nitrogens with one attached hydrogen (secondary N) is 1. The number of nitrogens with zero attached hydrogens (tertiary/aromatic N) is 1. The molecule has 5 heteroatoms. The SMILES string of the molecule is COc1cc(Br)cc(Nc2ncc(N)cc2C)c1. The molecule has 1 aromatic heterocycles. The van der Waals surface area contributed by atoms with Crippen LogP contribution in [0.3, 0.4) is 0 Å². The quantitative estimate of drug-likeness (QED) is 0.911. The molecule has 2 aromatic rings. The maximum Gasteiger partial charge on any atom is 0.133 e. The van der Waals surface area contributed by atoms with Crippen LogP contribution in [0.2, 0.25) is 0 Å². The van der Waals surface area contributed by atoms with Crippen LogP contribution in [-0.2, 0) is 0 Å². The molecule has 18 heavy (non-hydrogen) atoms. The number of nitrogens with two attached hydrogens (primary N) is 1. The standard InChI is InChI=1S/C13H14BrN3O/c1-8-3-10(15)7-16-13(8)17-11-4-9(14)5-12(6-11)18-2/h3-7H,15H2,1-2H3,(H,16,17). The number of hydrogen-bond acceptors (Lipinski definition) is 4. The molecule has 0 fully saturated rings. The summed E-state index contributed by atoms with van der Waals surface area (Å²) in [4.78, 5) is 4.27. The van der Waals surface area contributed by atoms with E-state index >= 15 is 0 Å². The Kier molecular flexibility index (Phi) is 3.72. The molecule has 0 spiro atoms. The van der Waals surface area contributed by atoms with E-state index in [0.717, 1.165) is 27.3 Å². The van der Waals surface area contributed by atoms with Crippen molar-refractivity contribution >= 4 is 33.1 Å². The average molecular weight is 308 g/mol. The highest BCUT2D eigenvalue weighted by Gasteiger charge is 2.04. The second-order valence-corrected chi connectivity index (χ2v) is 4.85. The van der Waals surface area contributed by atoms with E-state index in [2.05, 4.69) is 26.2 Å². The van der Waals surface area contributed by atoms with Crippen molar-refractivity contribution in [2.75, 3.05) is 18.2 Å². The average Bonchev–Trinajstić information content (AvgIpc) is 2.32. The zero-order chi connectivity index (χ0) is 13.1. The van der Waals surface area contributed by atoms with E-state index < -0.39 is 0 Å². The van der Waals surface area contributed by atoms with Gasteiger partial charge in [-0.3, -0.25) is 0 Å². The molecule has 0 saturated carbocycles. The van der Waals surface area contributed by atoms with Gasteiger partial charge in [-0.2, -0.15) is 0 Å². The van der Waals surface area contributed by atoms with Crippen LogP contribution in [0.15, 0.2) is 34.9 Å². The molecule has 0 saturated heterocycles. The van der Waals surface area contributed by atoms with Crippen molar-refractivity contribution in [1.82, 2.24) is 4.98 Å². The largest absolute Gasteiger partial charge is 0.497 e. The first-order valence-corrected chi connectivity index (χ1v) is 6.21. The minimum Gasteiger partial charge on any atom is -0.497 e. The lowest BCUT2D eigenvalue weighted by molar-refractivity contribution is 0.415. The van der Waals surface area contributed by atoms with Gasteiger partial charge in [0.05, 0.1) is 19.0 Å². The van der Waals surface area contributed by atoms with E-state index in [1.54, 1.807) is 13.3 Å². The number of anilines is 3. The molecule has 0 radical (unpaired) electrons. The molecule has 0 aliphatic heterocycles. The lowest BCUT2D eigenvalue weighted by Gasteiger charge is -2.10. The number of ether oxygens (including phenoxy) is 1. The minimum absolute atomic E-state index is 0.657. The van der Waals surface area contributed by atoms with Crippen LogP contribution in [0.5, 0.6) is 5.75 Å². The van der Waals surface area contributed by atoms with Gasteiger partial charge in [-0.25, -0.2) is 4.98 Å². The zero-order valence-electron chi connectivity index (χ0n) is 10.2. The topological polar surface area (TPSA) is 60.2 Å². The Bertz CT molecular complexity index is 572. The van der Waals surface area contributed by atoms with Crippen molar-refractivity contribution in [3.63, 3.8) is 0 Å². The van der Waals surface area contributed by atoms with Crippen molar-refractivity contribution in [3.05, 3.63) is 40.5 Å². The maximum absolute atomic E-state index is 5.67. The summed E-state index contributed by atoms with van der Waals surface area (Å²) in [5, 5.41) is 3.24. The van der Waals surface area contributed by atoms with E-state index in [0.29, 0.717) is 5.69 Å². The number of aryl methyl sites for hydroxylation is 1. The van der Waals surface area contributed by atoms with Gasteiger partial charge in [-0.1, -0.05) is 15.9 Å². The molecule has 1 aromatic carbocycles. The summed E-state index contributed by atoms with van der Waals surface area (Å²) in [6.07, 6.45) is 1.63. The van der Waals surface area contributed by atoms with Crippen molar-refractivity contribution in [1.29, 1.82) is 0 Å². The number of methoxy groups -OCH3 is 1. The van der Waals surface area contributed by atoms with Gasteiger partial charge in [0.2, 0.25) is 0 Å². The molecule has 0 atom stereocenters. The fourth-order valence-electron chi connectivity index (χ4n) is 1.62.